The zero-order chi connectivity index (χ0) is 18.1. The van der Waals surface area contributed by atoms with Crippen LogP contribution in [0.2, 0.25) is 0 Å². The summed E-state index contributed by atoms with van der Waals surface area (Å²) in [5.74, 6) is 0.468. The van der Waals surface area contributed by atoms with Gasteiger partial charge in [0.05, 0.1) is 16.0 Å². The lowest BCUT2D eigenvalue weighted by Crippen LogP contribution is -2.28. The molecule has 0 unspecified atom stereocenters. The molecule has 0 radical (unpaired) electrons. The minimum absolute atomic E-state index is 0.0872. The number of hydrogen-bond acceptors (Lipinski definition) is 5. The first-order valence-corrected chi connectivity index (χ1v) is 9.15. The summed E-state index contributed by atoms with van der Waals surface area (Å²) in [4.78, 5) is 24.9. The largest absolute Gasteiger partial charge is 0.355 e. The smallest absolute Gasteiger partial charge is 0.236 e. The van der Waals surface area contributed by atoms with Gasteiger partial charge in [-0.25, -0.2) is 0 Å². The summed E-state index contributed by atoms with van der Waals surface area (Å²) in [7, 11) is 0. The molecule has 0 aliphatic heterocycles. The molecule has 1 saturated carbocycles. The molecule has 2 heterocycles. The van der Waals surface area contributed by atoms with Crippen LogP contribution < -0.4 is 10.6 Å². The van der Waals surface area contributed by atoms with Gasteiger partial charge in [-0.2, -0.15) is 0 Å². The zero-order valence-corrected chi connectivity index (χ0v) is 14.9. The van der Waals surface area contributed by atoms with Gasteiger partial charge < -0.3 is 15.2 Å². The van der Waals surface area contributed by atoms with E-state index in [1.54, 1.807) is 35.6 Å². The third-order valence-corrected chi connectivity index (χ3v) is 5.30. The van der Waals surface area contributed by atoms with Crippen LogP contribution >= 0.6 is 11.3 Å². The highest BCUT2D eigenvalue weighted by atomic mass is 32.1. The monoisotopic (exact) mass is 367 g/mol. The number of carbonyl (C=O) groups is 2. The number of carbonyl (C=O) groups excluding carboxylic acids is 2. The lowest BCUT2D eigenvalue weighted by molar-refractivity contribution is -0.118. The minimum atomic E-state index is -0.616. The van der Waals surface area contributed by atoms with Gasteiger partial charge in [0.25, 0.3) is 0 Å². The Bertz CT molecular complexity index is 941. The molecule has 26 heavy (non-hydrogen) atoms. The zero-order valence-electron chi connectivity index (χ0n) is 14.1. The maximum absolute atomic E-state index is 12.8. The molecule has 0 atom stereocenters. The molecule has 0 spiro atoms. The van der Waals surface area contributed by atoms with Crippen LogP contribution in [0.4, 0.5) is 11.4 Å². The molecule has 2 aromatic heterocycles. The highest BCUT2D eigenvalue weighted by Gasteiger charge is 2.53. The average molecular weight is 367 g/mol. The lowest BCUT2D eigenvalue weighted by Gasteiger charge is -2.13. The van der Waals surface area contributed by atoms with Gasteiger partial charge in [0.1, 0.15) is 0 Å². The van der Waals surface area contributed by atoms with Crippen molar-refractivity contribution in [2.75, 3.05) is 10.6 Å². The van der Waals surface area contributed by atoms with Gasteiger partial charge in [-0.3, -0.25) is 9.59 Å². The fraction of sp³-hybridized carbons (Fsp3) is 0.211. The standard InChI is InChI=1S/C19H17N3O3S/c1-12(23)20-13-4-6-14(7-5-13)21-18(24)19(8-9-19)17-11-15(25-22-17)16-3-2-10-26-16/h2-7,10-11H,8-9H2,1H3,(H,20,23)(H,21,24). The lowest BCUT2D eigenvalue weighted by atomic mass is 10.0. The number of nitrogens with zero attached hydrogens (tertiary/aromatic N) is 1. The molecule has 1 fully saturated rings. The van der Waals surface area contributed by atoms with Crippen molar-refractivity contribution in [3.8, 4) is 10.6 Å². The molecule has 1 aromatic carbocycles. The first kappa shape index (κ1) is 16.5. The molecule has 1 aliphatic rings. The Morgan fingerprint density at radius 2 is 1.81 bits per heavy atom. The van der Waals surface area contributed by atoms with Crippen LogP contribution in [0.5, 0.6) is 0 Å². The number of benzene rings is 1. The number of anilines is 2. The van der Waals surface area contributed by atoms with Gasteiger partial charge in [-0.1, -0.05) is 11.2 Å². The molecule has 1 aliphatic carbocycles. The SMILES string of the molecule is CC(=O)Nc1ccc(NC(=O)C2(c3cc(-c4cccs4)on3)CC2)cc1. The van der Waals surface area contributed by atoms with Crippen LogP contribution in [0.15, 0.2) is 52.4 Å². The summed E-state index contributed by atoms with van der Waals surface area (Å²) in [5.41, 5.74) is 1.43. The normalized spacial score (nSPS) is 14.7. The topological polar surface area (TPSA) is 84.2 Å². The van der Waals surface area contributed by atoms with E-state index in [1.165, 1.54) is 6.92 Å². The minimum Gasteiger partial charge on any atom is -0.355 e. The van der Waals surface area contributed by atoms with Crippen molar-refractivity contribution in [3.63, 3.8) is 0 Å². The van der Waals surface area contributed by atoms with Crippen LogP contribution in [-0.4, -0.2) is 17.0 Å². The van der Waals surface area contributed by atoms with E-state index in [0.29, 0.717) is 22.8 Å². The quantitative estimate of drug-likeness (QED) is 0.713. The Kier molecular flexibility index (Phi) is 4.08. The van der Waals surface area contributed by atoms with E-state index in [2.05, 4.69) is 15.8 Å². The number of nitrogens with one attached hydrogen (secondary N) is 2. The predicted octanol–water partition coefficient (Wildman–Crippen LogP) is 4.03. The fourth-order valence-corrected chi connectivity index (χ4v) is 3.52. The first-order chi connectivity index (χ1) is 12.6. The Balaban J connectivity index is 1.48. The van der Waals surface area contributed by atoms with Crippen molar-refractivity contribution in [1.29, 1.82) is 0 Å². The molecule has 4 rings (SSSR count). The van der Waals surface area contributed by atoms with Gasteiger partial charge in [0.2, 0.25) is 11.8 Å². The summed E-state index contributed by atoms with van der Waals surface area (Å²) >= 11 is 1.57. The summed E-state index contributed by atoms with van der Waals surface area (Å²) in [6.07, 6.45) is 1.50. The maximum Gasteiger partial charge on any atom is 0.236 e. The van der Waals surface area contributed by atoms with Gasteiger partial charge in [0, 0.05) is 24.4 Å². The Labute approximate surface area is 154 Å². The molecule has 6 nitrogen and oxygen atoms in total. The van der Waals surface area contributed by atoms with Gasteiger partial charge in [-0.05, 0) is 48.6 Å². The van der Waals surface area contributed by atoms with E-state index in [0.717, 1.165) is 17.7 Å². The average Bonchev–Trinajstić information content (AvgIpc) is 3.04. The van der Waals surface area contributed by atoms with Crippen molar-refractivity contribution in [2.24, 2.45) is 0 Å². The molecule has 0 bridgehead atoms. The molecule has 2 amide bonds. The van der Waals surface area contributed by atoms with E-state index < -0.39 is 5.41 Å². The molecule has 132 valence electrons. The van der Waals surface area contributed by atoms with Crippen LogP contribution in [0.1, 0.15) is 25.5 Å². The van der Waals surface area contributed by atoms with E-state index in [4.69, 9.17) is 4.52 Å². The first-order valence-electron chi connectivity index (χ1n) is 8.27. The molecular formula is C19H17N3O3S. The molecule has 0 saturated heterocycles. The van der Waals surface area contributed by atoms with Crippen LogP contribution in [-0.2, 0) is 15.0 Å². The van der Waals surface area contributed by atoms with E-state index in [1.807, 2.05) is 23.6 Å². The second-order valence-electron chi connectivity index (χ2n) is 6.35. The van der Waals surface area contributed by atoms with Crippen LogP contribution in [0.3, 0.4) is 0 Å². The second kappa shape index (κ2) is 6.42. The Hall–Kier alpha value is -2.93. The van der Waals surface area contributed by atoms with Crippen molar-refractivity contribution < 1.29 is 14.1 Å². The summed E-state index contributed by atoms with van der Waals surface area (Å²) in [6, 6.07) is 12.8. The highest BCUT2D eigenvalue weighted by Crippen LogP contribution is 2.49. The van der Waals surface area contributed by atoms with Crippen LogP contribution in [0.25, 0.3) is 10.6 Å². The number of hydrogen-bond donors (Lipinski definition) is 2. The summed E-state index contributed by atoms with van der Waals surface area (Å²) in [5, 5.41) is 11.7. The van der Waals surface area contributed by atoms with Crippen molar-refractivity contribution in [2.45, 2.75) is 25.2 Å². The molecular weight excluding hydrogens is 350 g/mol. The predicted molar refractivity (Wildman–Crippen MR) is 100 cm³/mol. The number of aromatic nitrogens is 1. The van der Waals surface area contributed by atoms with Crippen molar-refractivity contribution in [3.05, 3.63) is 53.5 Å². The molecule has 2 N–H and O–H groups in total. The second-order valence-corrected chi connectivity index (χ2v) is 7.30. The van der Waals surface area contributed by atoms with E-state index in [-0.39, 0.29) is 11.8 Å². The summed E-state index contributed by atoms with van der Waals surface area (Å²) < 4.78 is 5.43. The van der Waals surface area contributed by atoms with Gasteiger partial charge in [0.15, 0.2) is 5.76 Å². The third-order valence-electron chi connectivity index (χ3n) is 4.41. The molecule has 7 heteroatoms. The Morgan fingerprint density at radius 3 is 2.38 bits per heavy atom. The number of thiophene rings is 1. The van der Waals surface area contributed by atoms with Crippen molar-refractivity contribution in [1.82, 2.24) is 5.16 Å². The Morgan fingerprint density at radius 1 is 1.12 bits per heavy atom. The van der Waals surface area contributed by atoms with Gasteiger partial charge in [-0.15, -0.1) is 11.3 Å². The third kappa shape index (κ3) is 3.13. The highest BCUT2D eigenvalue weighted by molar-refractivity contribution is 7.13. The summed E-state index contributed by atoms with van der Waals surface area (Å²) in [6.45, 7) is 1.45. The maximum atomic E-state index is 12.8. The molecule has 3 aromatic rings. The van der Waals surface area contributed by atoms with E-state index in [9.17, 15) is 9.59 Å². The van der Waals surface area contributed by atoms with E-state index >= 15 is 0 Å². The number of rotatable bonds is 5. The fourth-order valence-electron chi connectivity index (χ4n) is 2.85. The van der Waals surface area contributed by atoms with Crippen LogP contribution in [0, 0.1) is 0 Å². The van der Waals surface area contributed by atoms with Gasteiger partial charge >= 0.3 is 0 Å². The van der Waals surface area contributed by atoms with Crippen molar-refractivity contribution >= 4 is 34.5 Å². The number of amides is 2.